The zero-order valence-corrected chi connectivity index (χ0v) is 11.3. The number of carbonyl (C=O) groups is 1. The summed E-state index contributed by atoms with van der Waals surface area (Å²) in [5.41, 5.74) is 1.38. The van der Waals surface area contributed by atoms with Gasteiger partial charge in [0, 0.05) is 6.42 Å². The minimum Gasteiger partial charge on any atom is -0.459 e. The van der Waals surface area contributed by atoms with Gasteiger partial charge in [-0.05, 0) is 43.0 Å². The predicted molar refractivity (Wildman–Crippen MR) is 68.0 cm³/mol. The zero-order valence-electron chi connectivity index (χ0n) is 11.3. The number of hydrogen-bond acceptors (Lipinski definition) is 2. The summed E-state index contributed by atoms with van der Waals surface area (Å²) in [4.78, 5) is 11.9. The summed E-state index contributed by atoms with van der Waals surface area (Å²) >= 11 is 0. The maximum Gasteiger partial charge on any atom is 0.314 e. The van der Waals surface area contributed by atoms with Crippen molar-refractivity contribution in [3.63, 3.8) is 0 Å². The van der Waals surface area contributed by atoms with Crippen molar-refractivity contribution in [3.8, 4) is 0 Å². The highest BCUT2D eigenvalue weighted by molar-refractivity contribution is 5.81. The molecule has 0 aromatic heterocycles. The molecule has 0 bridgehead atoms. The fourth-order valence-electron chi connectivity index (χ4n) is 2.56. The summed E-state index contributed by atoms with van der Waals surface area (Å²) in [6.45, 7) is 7.82. The van der Waals surface area contributed by atoms with Crippen molar-refractivity contribution in [1.82, 2.24) is 0 Å². The molecule has 1 aromatic rings. The first kappa shape index (κ1) is 13.1. The van der Waals surface area contributed by atoms with E-state index >= 15 is 0 Å². The fraction of sp³-hybridized carbons (Fsp3) is 0.533. The zero-order chi connectivity index (χ0) is 13.5. The average molecular weight is 250 g/mol. The maximum absolute atomic E-state index is 13.3. The van der Waals surface area contributed by atoms with E-state index < -0.39 is 5.60 Å². The lowest BCUT2D eigenvalue weighted by Gasteiger charge is -2.17. The van der Waals surface area contributed by atoms with Crippen LogP contribution in [0.2, 0.25) is 0 Å². The molecular formula is C15H19FO2. The van der Waals surface area contributed by atoms with Crippen LogP contribution in [0.25, 0.3) is 0 Å². The van der Waals surface area contributed by atoms with Crippen LogP contribution < -0.4 is 0 Å². The first-order chi connectivity index (χ1) is 8.30. The predicted octanol–water partition coefficient (Wildman–Crippen LogP) is 3.76. The van der Waals surface area contributed by atoms with E-state index in [1.54, 1.807) is 6.07 Å². The molecule has 1 fully saturated rings. The van der Waals surface area contributed by atoms with Gasteiger partial charge in [0.25, 0.3) is 0 Å². The number of ether oxygens (including phenoxy) is 1. The molecule has 18 heavy (non-hydrogen) atoms. The molecule has 0 saturated carbocycles. The molecule has 1 aliphatic rings. The summed E-state index contributed by atoms with van der Waals surface area (Å²) in [7, 11) is 0. The molecule has 0 radical (unpaired) electrons. The van der Waals surface area contributed by atoms with Crippen molar-refractivity contribution in [2.75, 3.05) is 0 Å². The van der Waals surface area contributed by atoms with E-state index in [4.69, 9.17) is 4.74 Å². The Balaban J connectivity index is 2.43. The normalized spacial score (nSPS) is 22.3. The number of esters is 1. The molecule has 1 atom stereocenters. The lowest BCUT2D eigenvalue weighted by Crippen LogP contribution is -2.17. The third kappa shape index (κ3) is 2.40. The molecule has 1 aliphatic heterocycles. The van der Waals surface area contributed by atoms with E-state index in [0.717, 1.165) is 11.1 Å². The van der Waals surface area contributed by atoms with Crippen LogP contribution in [0.1, 0.15) is 57.1 Å². The van der Waals surface area contributed by atoms with Crippen LogP contribution >= 0.6 is 0 Å². The number of benzene rings is 1. The topological polar surface area (TPSA) is 26.3 Å². The quantitative estimate of drug-likeness (QED) is 0.747. The molecule has 2 rings (SSSR count). The van der Waals surface area contributed by atoms with E-state index in [2.05, 4.69) is 0 Å². The van der Waals surface area contributed by atoms with E-state index in [9.17, 15) is 9.18 Å². The third-order valence-electron chi connectivity index (χ3n) is 3.40. The second-order valence-corrected chi connectivity index (χ2v) is 5.87. The van der Waals surface area contributed by atoms with Gasteiger partial charge in [0.1, 0.15) is 11.4 Å². The fourth-order valence-corrected chi connectivity index (χ4v) is 2.56. The van der Waals surface area contributed by atoms with Crippen LogP contribution in [0.15, 0.2) is 18.2 Å². The van der Waals surface area contributed by atoms with Crippen molar-refractivity contribution < 1.29 is 13.9 Å². The molecule has 1 saturated heterocycles. The molecule has 1 aromatic carbocycles. The van der Waals surface area contributed by atoms with Crippen molar-refractivity contribution in [2.24, 2.45) is 0 Å². The molecule has 98 valence electrons. The van der Waals surface area contributed by atoms with E-state index in [1.165, 1.54) is 12.1 Å². The van der Waals surface area contributed by atoms with Crippen LogP contribution in [0.4, 0.5) is 4.39 Å². The molecule has 0 amide bonds. The summed E-state index contributed by atoms with van der Waals surface area (Å²) in [5.74, 6) is -0.535. The first-order valence-corrected chi connectivity index (χ1v) is 6.32. The summed E-state index contributed by atoms with van der Waals surface area (Å²) in [6.07, 6.45) is 0.650. The van der Waals surface area contributed by atoms with Gasteiger partial charge in [0.15, 0.2) is 0 Å². The highest BCUT2D eigenvalue weighted by Crippen LogP contribution is 2.40. The lowest BCUT2D eigenvalue weighted by atomic mass is 9.85. The Labute approximate surface area is 107 Å². The van der Waals surface area contributed by atoms with Gasteiger partial charge in [-0.2, -0.15) is 0 Å². The largest absolute Gasteiger partial charge is 0.459 e. The van der Waals surface area contributed by atoms with Gasteiger partial charge in [-0.1, -0.05) is 19.9 Å². The van der Waals surface area contributed by atoms with Crippen LogP contribution in [0.5, 0.6) is 0 Å². The number of carbonyl (C=O) groups excluding carboxylic acids is 1. The van der Waals surface area contributed by atoms with Gasteiger partial charge in [-0.25, -0.2) is 4.39 Å². The van der Waals surface area contributed by atoms with Gasteiger partial charge in [-0.15, -0.1) is 0 Å². The highest BCUT2D eigenvalue weighted by atomic mass is 19.1. The van der Waals surface area contributed by atoms with Crippen molar-refractivity contribution in [2.45, 2.75) is 51.6 Å². The highest BCUT2D eigenvalue weighted by Gasteiger charge is 2.41. The van der Waals surface area contributed by atoms with E-state index in [1.807, 2.05) is 27.7 Å². The third-order valence-corrected chi connectivity index (χ3v) is 3.40. The van der Waals surface area contributed by atoms with Gasteiger partial charge in [0.2, 0.25) is 0 Å². The summed E-state index contributed by atoms with van der Waals surface area (Å²) in [5, 5.41) is 0. The summed E-state index contributed by atoms with van der Waals surface area (Å²) in [6, 6.07) is 4.66. The minimum absolute atomic E-state index is 0.187. The number of halogens is 1. The van der Waals surface area contributed by atoms with Gasteiger partial charge < -0.3 is 4.74 Å². The Morgan fingerprint density at radius 1 is 1.39 bits per heavy atom. The standard InChI is InChI=1S/C15H19FO2/c1-9(2)12-7-10(16)5-6-11(12)13-8-15(3,4)18-14(13)17/h5-7,9,13H,8H2,1-4H3. The van der Waals surface area contributed by atoms with Crippen LogP contribution in [0, 0.1) is 5.82 Å². The lowest BCUT2D eigenvalue weighted by molar-refractivity contribution is -0.146. The maximum atomic E-state index is 13.3. The van der Waals surface area contributed by atoms with E-state index in [-0.39, 0.29) is 23.6 Å². The van der Waals surface area contributed by atoms with Gasteiger partial charge in [0.05, 0.1) is 5.92 Å². The Morgan fingerprint density at radius 3 is 2.56 bits per heavy atom. The molecule has 1 heterocycles. The molecule has 0 N–H and O–H groups in total. The first-order valence-electron chi connectivity index (χ1n) is 6.32. The van der Waals surface area contributed by atoms with Crippen molar-refractivity contribution in [1.29, 1.82) is 0 Å². The molecule has 1 unspecified atom stereocenters. The second kappa shape index (κ2) is 4.38. The van der Waals surface area contributed by atoms with E-state index in [0.29, 0.717) is 6.42 Å². The molecular weight excluding hydrogens is 231 g/mol. The number of rotatable bonds is 2. The summed E-state index contributed by atoms with van der Waals surface area (Å²) < 4.78 is 18.7. The Kier molecular flexibility index (Phi) is 3.18. The second-order valence-electron chi connectivity index (χ2n) is 5.87. The Bertz CT molecular complexity index is 477. The van der Waals surface area contributed by atoms with Crippen LogP contribution in [0.3, 0.4) is 0 Å². The van der Waals surface area contributed by atoms with Gasteiger partial charge >= 0.3 is 5.97 Å². The van der Waals surface area contributed by atoms with Crippen LogP contribution in [-0.4, -0.2) is 11.6 Å². The molecule has 0 aliphatic carbocycles. The van der Waals surface area contributed by atoms with Crippen molar-refractivity contribution >= 4 is 5.97 Å². The monoisotopic (exact) mass is 250 g/mol. The molecule has 3 heteroatoms. The molecule has 0 spiro atoms. The number of cyclic esters (lactones) is 1. The SMILES string of the molecule is CC(C)c1cc(F)ccc1C1CC(C)(C)OC1=O. The Morgan fingerprint density at radius 2 is 2.06 bits per heavy atom. The number of hydrogen-bond donors (Lipinski definition) is 0. The Hall–Kier alpha value is -1.38. The van der Waals surface area contributed by atoms with Crippen LogP contribution in [-0.2, 0) is 9.53 Å². The smallest absolute Gasteiger partial charge is 0.314 e. The minimum atomic E-state index is -0.426. The van der Waals surface area contributed by atoms with Crippen molar-refractivity contribution in [3.05, 3.63) is 35.1 Å². The van der Waals surface area contributed by atoms with Gasteiger partial charge in [-0.3, -0.25) is 4.79 Å². The average Bonchev–Trinajstić information content (AvgIpc) is 2.52. The molecule has 2 nitrogen and oxygen atoms in total.